The van der Waals surface area contributed by atoms with Gasteiger partial charge in [-0.2, -0.15) is 0 Å². The highest BCUT2D eigenvalue weighted by atomic mass is 35.5. The number of allylic oxidation sites excluding steroid dienone is 4. The second-order valence-electron chi connectivity index (χ2n) is 3.31. The Morgan fingerprint density at radius 2 is 2.07 bits per heavy atom. The van der Waals surface area contributed by atoms with Gasteiger partial charge < -0.3 is 4.74 Å². The molecule has 86 valence electrons. The first-order chi connectivity index (χ1) is 7.10. The van der Waals surface area contributed by atoms with E-state index in [0.717, 1.165) is 12.8 Å². The van der Waals surface area contributed by atoms with Gasteiger partial charge in [-0.15, -0.1) is 0 Å². The van der Waals surface area contributed by atoms with Gasteiger partial charge in [-0.05, 0) is 19.8 Å². The Morgan fingerprint density at radius 1 is 1.40 bits per heavy atom. The van der Waals surface area contributed by atoms with Crippen molar-refractivity contribution in [1.82, 2.24) is 0 Å². The van der Waals surface area contributed by atoms with Crippen LogP contribution in [0.4, 0.5) is 0 Å². The maximum Gasteiger partial charge on any atom is 0.164 e. The van der Waals surface area contributed by atoms with Crippen LogP contribution in [0.15, 0.2) is 22.9 Å². The Morgan fingerprint density at radius 3 is 2.60 bits per heavy atom. The zero-order valence-corrected chi connectivity index (χ0v) is 10.4. The summed E-state index contributed by atoms with van der Waals surface area (Å²) in [5.41, 5.74) is 0. The molecule has 0 N–H and O–H groups in total. The van der Waals surface area contributed by atoms with E-state index < -0.39 is 0 Å². The lowest BCUT2D eigenvalue weighted by atomic mass is 10.2. The molecule has 0 rings (SSSR count). The van der Waals surface area contributed by atoms with Crippen molar-refractivity contribution in [3.05, 3.63) is 22.9 Å². The molecule has 0 saturated heterocycles. The van der Waals surface area contributed by atoms with Gasteiger partial charge in [0.2, 0.25) is 0 Å². The minimum atomic E-state index is -0.0155. The highest BCUT2D eigenvalue weighted by Gasteiger charge is 2.02. The summed E-state index contributed by atoms with van der Waals surface area (Å²) in [4.78, 5) is 11.4. The van der Waals surface area contributed by atoms with Gasteiger partial charge in [0.15, 0.2) is 5.78 Å². The third kappa shape index (κ3) is 8.25. The van der Waals surface area contributed by atoms with Crippen molar-refractivity contribution < 1.29 is 9.53 Å². The largest absolute Gasteiger partial charge is 0.498 e. The van der Waals surface area contributed by atoms with E-state index in [0.29, 0.717) is 17.4 Å². The molecule has 0 aliphatic carbocycles. The maximum absolute atomic E-state index is 11.4. The number of rotatable bonds is 7. The van der Waals surface area contributed by atoms with Crippen molar-refractivity contribution >= 4 is 17.4 Å². The monoisotopic (exact) mass is 230 g/mol. The zero-order chi connectivity index (χ0) is 11.7. The van der Waals surface area contributed by atoms with E-state index in [1.54, 1.807) is 6.92 Å². The Hall–Kier alpha value is -0.760. The van der Waals surface area contributed by atoms with Crippen LogP contribution >= 0.6 is 11.6 Å². The summed E-state index contributed by atoms with van der Waals surface area (Å²) in [6.45, 7) is 6.44. The lowest BCUT2D eigenvalue weighted by Crippen LogP contribution is -1.97. The predicted molar refractivity (Wildman–Crippen MR) is 63.9 cm³/mol. The molecule has 0 fully saturated rings. The van der Waals surface area contributed by atoms with Crippen molar-refractivity contribution in [2.24, 2.45) is 0 Å². The van der Waals surface area contributed by atoms with Gasteiger partial charge in [0.1, 0.15) is 0 Å². The summed E-state index contributed by atoms with van der Waals surface area (Å²) in [7, 11) is 0. The number of hydrogen-bond acceptors (Lipinski definition) is 2. The molecule has 0 radical (unpaired) electrons. The molecule has 3 heteroatoms. The molecule has 15 heavy (non-hydrogen) atoms. The maximum atomic E-state index is 11.4. The first-order valence-corrected chi connectivity index (χ1v) is 5.66. The van der Waals surface area contributed by atoms with Crippen molar-refractivity contribution in [3.8, 4) is 0 Å². The molecule has 0 spiro atoms. The molecule has 0 unspecified atom stereocenters. The van der Waals surface area contributed by atoms with Crippen LogP contribution in [0, 0.1) is 0 Å². The fourth-order valence-corrected chi connectivity index (χ4v) is 1.33. The van der Waals surface area contributed by atoms with Crippen molar-refractivity contribution in [2.75, 3.05) is 6.61 Å². The van der Waals surface area contributed by atoms with Crippen LogP contribution in [0.1, 0.15) is 40.0 Å². The van der Waals surface area contributed by atoms with E-state index in [9.17, 15) is 4.79 Å². The van der Waals surface area contributed by atoms with E-state index in [-0.39, 0.29) is 12.2 Å². The fraction of sp³-hybridized carbons (Fsp3) is 0.583. The van der Waals surface area contributed by atoms with Crippen LogP contribution in [-0.4, -0.2) is 12.4 Å². The normalized spacial score (nSPS) is 12.8. The van der Waals surface area contributed by atoms with E-state index in [2.05, 4.69) is 0 Å². The molecule has 0 bridgehead atoms. The number of carbonyl (C=O) groups is 1. The van der Waals surface area contributed by atoms with Gasteiger partial charge in [0.05, 0.1) is 12.4 Å². The SMILES string of the molecule is CC/C=C(\Cl)CC(=O)/C=C(/C)OCCC. The third-order valence-corrected chi connectivity index (χ3v) is 1.95. The Kier molecular flexibility index (Phi) is 8.11. The molecule has 0 aromatic rings. The van der Waals surface area contributed by atoms with Crippen molar-refractivity contribution in [3.63, 3.8) is 0 Å². The number of ketones is 1. The number of hydrogen-bond donors (Lipinski definition) is 0. The molecule has 0 saturated carbocycles. The average Bonchev–Trinajstić information content (AvgIpc) is 2.14. The standard InChI is InChI=1S/C12H19ClO2/c1-4-6-11(13)9-12(14)8-10(3)15-7-5-2/h6,8H,4-5,7,9H2,1-3H3/b10-8-,11-6-. The lowest BCUT2D eigenvalue weighted by Gasteiger charge is -2.03. The smallest absolute Gasteiger partial charge is 0.164 e. The van der Waals surface area contributed by atoms with Crippen molar-refractivity contribution in [2.45, 2.75) is 40.0 Å². The average molecular weight is 231 g/mol. The van der Waals surface area contributed by atoms with Crippen LogP contribution in [0.2, 0.25) is 0 Å². The van der Waals surface area contributed by atoms with E-state index >= 15 is 0 Å². The number of ether oxygens (including phenoxy) is 1. The van der Waals surface area contributed by atoms with Gasteiger partial charge in [-0.1, -0.05) is 31.5 Å². The highest BCUT2D eigenvalue weighted by molar-refractivity contribution is 6.31. The molecule has 0 aromatic carbocycles. The summed E-state index contributed by atoms with van der Waals surface area (Å²) in [5.74, 6) is 0.640. The fourth-order valence-electron chi connectivity index (χ4n) is 1.04. The Labute approximate surface area is 97.0 Å². The highest BCUT2D eigenvalue weighted by Crippen LogP contribution is 2.10. The topological polar surface area (TPSA) is 26.3 Å². The Bertz CT molecular complexity index is 254. The molecule has 0 aromatic heterocycles. The van der Waals surface area contributed by atoms with E-state index in [1.807, 2.05) is 19.9 Å². The molecule has 0 aliphatic heterocycles. The van der Waals surface area contributed by atoms with Gasteiger partial charge in [0, 0.05) is 17.5 Å². The third-order valence-electron chi connectivity index (χ3n) is 1.67. The first kappa shape index (κ1) is 14.2. The predicted octanol–water partition coefficient (Wildman–Crippen LogP) is 3.81. The molecule has 2 nitrogen and oxygen atoms in total. The second kappa shape index (κ2) is 8.54. The quantitative estimate of drug-likeness (QED) is 0.491. The van der Waals surface area contributed by atoms with Crippen molar-refractivity contribution in [1.29, 1.82) is 0 Å². The van der Waals surface area contributed by atoms with E-state index in [1.165, 1.54) is 6.08 Å². The Balaban J connectivity index is 4.06. The van der Waals surface area contributed by atoms with Crippen LogP contribution in [0.3, 0.4) is 0 Å². The molecular formula is C12H19ClO2. The molecule has 0 atom stereocenters. The van der Waals surface area contributed by atoms with Crippen LogP contribution in [0.5, 0.6) is 0 Å². The van der Waals surface area contributed by atoms with Gasteiger partial charge in [0.25, 0.3) is 0 Å². The summed E-state index contributed by atoms with van der Waals surface area (Å²) < 4.78 is 5.28. The van der Waals surface area contributed by atoms with Gasteiger partial charge in [-0.3, -0.25) is 4.79 Å². The molecule has 0 aliphatic rings. The van der Waals surface area contributed by atoms with Crippen LogP contribution in [0.25, 0.3) is 0 Å². The van der Waals surface area contributed by atoms with Crippen LogP contribution < -0.4 is 0 Å². The van der Waals surface area contributed by atoms with Gasteiger partial charge >= 0.3 is 0 Å². The molecule has 0 amide bonds. The summed E-state index contributed by atoms with van der Waals surface area (Å²) in [5, 5.41) is 0.599. The minimum Gasteiger partial charge on any atom is -0.498 e. The first-order valence-electron chi connectivity index (χ1n) is 5.28. The lowest BCUT2D eigenvalue weighted by molar-refractivity contribution is -0.114. The molecular weight excluding hydrogens is 212 g/mol. The number of carbonyl (C=O) groups excluding carboxylic acids is 1. The summed E-state index contributed by atoms with van der Waals surface area (Å²) >= 11 is 5.83. The second-order valence-corrected chi connectivity index (χ2v) is 3.79. The summed E-state index contributed by atoms with van der Waals surface area (Å²) in [6, 6.07) is 0. The molecule has 0 heterocycles. The summed E-state index contributed by atoms with van der Waals surface area (Å²) in [6.07, 6.45) is 5.40. The number of halogens is 1. The van der Waals surface area contributed by atoms with Gasteiger partial charge in [-0.25, -0.2) is 0 Å². The zero-order valence-electron chi connectivity index (χ0n) is 9.68. The van der Waals surface area contributed by atoms with Crippen LogP contribution in [-0.2, 0) is 9.53 Å². The van der Waals surface area contributed by atoms with E-state index in [4.69, 9.17) is 16.3 Å². The minimum absolute atomic E-state index is 0.0155.